The van der Waals surface area contributed by atoms with Crippen LogP contribution in [0.25, 0.3) is 0 Å². The van der Waals surface area contributed by atoms with Gasteiger partial charge in [0.2, 0.25) is 0 Å². The average Bonchev–Trinajstić information content (AvgIpc) is 2.59. The number of anilines is 2. The van der Waals surface area contributed by atoms with Crippen LogP contribution in [0.1, 0.15) is 6.92 Å². The average molecular weight is 416 g/mol. The molecule has 0 aliphatic rings. The van der Waals surface area contributed by atoms with Gasteiger partial charge in [0, 0.05) is 16.4 Å². The van der Waals surface area contributed by atoms with Crippen molar-refractivity contribution in [3.63, 3.8) is 0 Å². The number of nitrogens with one attached hydrogen (secondary N) is 3. The van der Waals surface area contributed by atoms with Gasteiger partial charge in [0.05, 0.1) is 17.1 Å². The van der Waals surface area contributed by atoms with Crippen molar-refractivity contribution in [3.8, 4) is 0 Å². The molecule has 0 radical (unpaired) electrons. The van der Waals surface area contributed by atoms with E-state index >= 15 is 0 Å². The second kappa shape index (κ2) is 9.24. The third kappa shape index (κ3) is 5.88. The molecule has 0 spiro atoms. The normalized spacial score (nSPS) is 13.0. The van der Waals surface area contributed by atoms with Crippen LogP contribution in [0.3, 0.4) is 0 Å². The molecule has 138 valence electrons. The maximum atomic E-state index is 12.3. The van der Waals surface area contributed by atoms with E-state index in [1.807, 2.05) is 0 Å². The first-order valence-corrected chi connectivity index (χ1v) is 9.03. The summed E-state index contributed by atoms with van der Waals surface area (Å²) in [6.45, 7) is 1.88. The van der Waals surface area contributed by atoms with Crippen LogP contribution in [0, 0.1) is 0 Å². The molecule has 3 N–H and O–H groups in total. The number of rotatable bonds is 6. The van der Waals surface area contributed by atoms with Gasteiger partial charge in [0.25, 0.3) is 11.8 Å². The molecule has 5 nitrogen and oxygen atoms in total. The first-order valence-electron chi connectivity index (χ1n) is 7.90. The van der Waals surface area contributed by atoms with Crippen LogP contribution in [0.15, 0.2) is 42.5 Å². The van der Waals surface area contributed by atoms with Crippen LogP contribution in [0.5, 0.6) is 0 Å². The highest BCUT2D eigenvalue weighted by Gasteiger charge is 2.24. The number of benzene rings is 2. The van der Waals surface area contributed by atoms with Crippen LogP contribution in [-0.2, 0) is 9.59 Å². The number of halogens is 3. The van der Waals surface area contributed by atoms with Gasteiger partial charge in [-0.05, 0) is 49.4 Å². The highest BCUT2D eigenvalue weighted by Crippen LogP contribution is 2.24. The van der Waals surface area contributed by atoms with Crippen molar-refractivity contribution in [1.29, 1.82) is 0 Å². The molecule has 2 aromatic rings. The van der Waals surface area contributed by atoms with Crippen molar-refractivity contribution in [3.05, 3.63) is 57.5 Å². The maximum Gasteiger partial charge on any atom is 0.282 e. The van der Waals surface area contributed by atoms with Crippen molar-refractivity contribution in [2.45, 2.75) is 13.0 Å². The minimum Gasteiger partial charge on any atom is -0.321 e. The van der Waals surface area contributed by atoms with Gasteiger partial charge in [0.15, 0.2) is 12.6 Å². The molecule has 0 aliphatic heterocycles. The minimum absolute atomic E-state index is 0.120. The molecule has 0 saturated heterocycles. The van der Waals surface area contributed by atoms with Crippen LogP contribution < -0.4 is 15.5 Å². The molecule has 0 fully saturated rings. The molecule has 2 amide bonds. The summed E-state index contributed by atoms with van der Waals surface area (Å²) in [6.07, 6.45) is 0. The van der Waals surface area contributed by atoms with Gasteiger partial charge in [-0.25, -0.2) is 0 Å². The lowest BCUT2D eigenvalue weighted by Gasteiger charge is -2.20. The standard InChI is InChI=1S/C18H18Cl3N3O2/c1-11(18(26)23-13-5-3-12(19)4-6-13)24(2)10-17(25)22-14-7-8-15(20)16(21)9-14/h3-9,11H,10H2,1-2H3,(H,22,25)(H,23,26)/p+1/t11-/m0/s1. The molecule has 0 aromatic heterocycles. The van der Waals surface area contributed by atoms with E-state index < -0.39 is 6.04 Å². The number of carbonyl (C=O) groups excluding carboxylic acids is 2. The number of amides is 2. The second-order valence-electron chi connectivity index (χ2n) is 5.92. The Kier molecular flexibility index (Phi) is 7.29. The third-order valence-electron chi connectivity index (χ3n) is 3.89. The largest absolute Gasteiger partial charge is 0.321 e. The minimum atomic E-state index is -0.426. The van der Waals surface area contributed by atoms with E-state index in [4.69, 9.17) is 34.8 Å². The Bertz CT molecular complexity index is 797. The van der Waals surface area contributed by atoms with Gasteiger partial charge in [-0.15, -0.1) is 0 Å². The van der Waals surface area contributed by atoms with E-state index in [-0.39, 0.29) is 18.4 Å². The summed E-state index contributed by atoms with van der Waals surface area (Å²) >= 11 is 17.6. The zero-order valence-electron chi connectivity index (χ0n) is 14.3. The predicted molar refractivity (Wildman–Crippen MR) is 106 cm³/mol. The van der Waals surface area contributed by atoms with E-state index in [0.717, 1.165) is 4.90 Å². The maximum absolute atomic E-state index is 12.3. The number of hydrogen-bond acceptors (Lipinski definition) is 2. The molecule has 0 saturated carbocycles. The van der Waals surface area contributed by atoms with Gasteiger partial charge in [-0.1, -0.05) is 34.8 Å². The van der Waals surface area contributed by atoms with Gasteiger partial charge in [0.1, 0.15) is 0 Å². The van der Waals surface area contributed by atoms with Gasteiger partial charge in [-0.3, -0.25) is 9.59 Å². The third-order valence-corrected chi connectivity index (χ3v) is 4.88. The predicted octanol–water partition coefficient (Wildman–Crippen LogP) is 3.13. The van der Waals surface area contributed by atoms with Gasteiger partial charge < -0.3 is 15.5 Å². The monoisotopic (exact) mass is 414 g/mol. The number of carbonyl (C=O) groups is 2. The smallest absolute Gasteiger partial charge is 0.282 e. The van der Waals surface area contributed by atoms with E-state index in [1.165, 1.54) is 0 Å². The highest BCUT2D eigenvalue weighted by molar-refractivity contribution is 6.42. The quantitative estimate of drug-likeness (QED) is 0.679. The molecule has 0 bridgehead atoms. The van der Waals surface area contributed by atoms with Crippen LogP contribution in [0.2, 0.25) is 15.1 Å². The molecule has 0 heterocycles. The zero-order chi connectivity index (χ0) is 19.3. The SMILES string of the molecule is C[C@@H](C(=O)Nc1ccc(Cl)cc1)[NH+](C)CC(=O)Nc1ccc(Cl)c(Cl)c1. The zero-order valence-corrected chi connectivity index (χ0v) is 16.5. The van der Waals surface area contributed by atoms with Crippen molar-refractivity contribution < 1.29 is 14.5 Å². The summed E-state index contributed by atoms with van der Waals surface area (Å²) < 4.78 is 0. The van der Waals surface area contributed by atoms with Crippen LogP contribution >= 0.6 is 34.8 Å². The fourth-order valence-electron chi connectivity index (χ4n) is 2.19. The van der Waals surface area contributed by atoms with E-state index in [9.17, 15) is 9.59 Å². The summed E-state index contributed by atoms with van der Waals surface area (Å²) in [6, 6.07) is 11.3. The lowest BCUT2D eigenvalue weighted by Crippen LogP contribution is -3.14. The van der Waals surface area contributed by atoms with Crippen molar-refractivity contribution in [1.82, 2.24) is 0 Å². The Morgan fingerprint density at radius 1 is 0.962 bits per heavy atom. The molecular weight excluding hydrogens is 397 g/mol. The number of hydrogen-bond donors (Lipinski definition) is 3. The van der Waals surface area contributed by atoms with E-state index in [0.29, 0.717) is 26.4 Å². The molecule has 1 unspecified atom stereocenters. The van der Waals surface area contributed by atoms with Crippen molar-refractivity contribution in [2.24, 2.45) is 0 Å². The van der Waals surface area contributed by atoms with Gasteiger partial charge in [-0.2, -0.15) is 0 Å². The Balaban J connectivity index is 1.89. The summed E-state index contributed by atoms with van der Waals surface area (Å²) in [5.41, 5.74) is 1.20. The van der Waals surface area contributed by atoms with E-state index in [2.05, 4.69) is 10.6 Å². The first-order chi connectivity index (χ1) is 12.3. The van der Waals surface area contributed by atoms with Crippen molar-refractivity contribution in [2.75, 3.05) is 24.2 Å². The summed E-state index contributed by atoms with van der Waals surface area (Å²) in [5.74, 6) is -0.417. The Hall–Kier alpha value is -1.79. The fraction of sp³-hybridized carbons (Fsp3) is 0.222. The van der Waals surface area contributed by atoms with Crippen LogP contribution in [-0.4, -0.2) is 31.4 Å². The number of likely N-dealkylation sites (N-methyl/N-ethyl adjacent to an activating group) is 1. The summed E-state index contributed by atoms with van der Waals surface area (Å²) in [7, 11) is 1.78. The summed E-state index contributed by atoms with van der Waals surface area (Å²) in [4.78, 5) is 25.3. The lowest BCUT2D eigenvalue weighted by molar-refractivity contribution is -0.885. The molecular formula is C18H19Cl3N3O2+. The number of quaternary nitrogens is 1. The Morgan fingerprint density at radius 2 is 1.58 bits per heavy atom. The van der Waals surface area contributed by atoms with E-state index in [1.54, 1.807) is 56.4 Å². The van der Waals surface area contributed by atoms with Gasteiger partial charge >= 0.3 is 0 Å². The first kappa shape index (κ1) is 20.5. The fourth-order valence-corrected chi connectivity index (χ4v) is 2.62. The molecule has 2 atom stereocenters. The molecule has 2 rings (SSSR count). The molecule has 26 heavy (non-hydrogen) atoms. The topological polar surface area (TPSA) is 62.6 Å². The van der Waals surface area contributed by atoms with Crippen molar-refractivity contribution >= 4 is 58.0 Å². The molecule has 8 heteroatoms. The Labute approximate surface area is 167 Å². The highest BCUT2D eigenvalue weighted by atomic mass is 35.5. The lowest BCUT2D eigenvalue weighted by atomic mass is 10.2. The second-order valence-corrected chi connectivity index (χ2v) is 7.17. The molecule has 0 aliphatic carbocycles. The summed E-state index contributed by atoms with van der Waals surface area (Å²) in [5, 5.41) is 6.92. The Morgan fingerprint density at radius 3 is 2.19 bits per heavy atom. The van der Waals surface area contributed by atoms with Crippen LogP contribution in [0.4, 0.5) is 11.4 Å². The molecule has 2 aromatic carbocycles.